The molecule has 2 rings (SSSR count). The van der Waals surface area contributed by atoms with E-state index in [0.717, 1.165) is 0 Å². The molecule has 0 radical (unpaired) electrons. The van der Waals surface area contributed by atoms with Crippen molar-refractivity contribution in [2.24, 2.45) is 0 Å². The van der Waals surface area contributed by atoms with Crippen LogP contribution in [-0.2, 0) is 0 Å². The van der Waals surface area contributed by atoms with Gasteiger partial charge in [0.1, 0.15) is 23.4 Å². The van der Waals surface area contributed by atoms with Crippen LogP contribution in [0.5, 0.6) is 11.5 Å². The van der Waals surface area contributed by atoms with Gasteiger partial charge in [0.15, 0.2) is 0 Å². The van der Waals surface area contributed by atoms with E-state index in [4.69, 9.17) is 9.47 Å². The van der Waals surface area contributed by atoms with Gasteiger partial charge in [-0.15, -0.1) is 0 Å². The molecule has 0 aliphatic heterocycles. The summed E-state index contributed by atoms with van der Waals surface area (Å²) in [6.07, 6.45) is -0.943. The number of aliphatic hydroxyl groups excluding tert-OH is 1. The van der Waals surface area contributed by atoms with Gasteiger partial charge < -0.3 is 14.6 Å². The Morgan fingerprint density at radius 1 is 1.05 bits per heavy atom. The summed E-state index contributed by atoms with van der Waals surface area (Å²) in [7, 11) is 3.06. The minimum absolute atomic E-state index is 0.328. The molecule has 2 aromatic carbocycles. The fourth-order valence-electron chi connectivity index (χ4n) is 2.25. The number of hydrogen-bond donors (Lipinski definition) is 1. The van der Waals surface area contributed by atoms with Crippen molar-refractivity contribution in [3.05, 3.63) is 58.9 Å². The Hall–Kier alpha value is -2.07. The van der Waals surface area contributed by atoms with Crippen LogP contribution in [0.3, 0.4) is 0 Å². The van der Waals surface area contributed by atoms with Gasteiger partial charge in [-0.05, 0) is 42.3 Å². The van der Waals surface area contributed by atoms with E-state index < -0.39 is 6.10 Å². The molecule has 3 nitrogen and oxygen atoms in total. The molecule has 2 aromatic rings. The third kappa shape index (κ3) is 2.60. The molecule has 1 atom stereocenters. The standard InChI is InChI=1S/C16H17FO3/c1-10-9-11(17)7-8-12(10)16(18)15-13(19-2)5-4-6-14(15)20-3/h4-9,16,18H,1-3H3. The second-order valence-electron chi connectivity index (χ2n) is 4.48. The van der Waals surface area contributed by atoms with Crippen molar-refractivity contribution in [3.8, 4) is 11.5 Å². The Balaban J connectivity index is 2.55. The van der Waals surface area contributed by atoms with E-state index in [1.165, 1.54) is 26.4 Å². The zero-order valence-electron chi connectivity index (χ0n) is 11.7. The minimum Gasteiger partial charge on any atom is -0.496 e. The van der Waals surface area contributed by atoms with Gasteiger partial charge in [-0.1, -0.05) is 12.1 Å². The Kier molecular flexibility index (Phi) is 4.25. The molecule has 0 amide bonds. The molecular formula is C16H17FO3. The van der Waals surface area contributed by atoms with Crippen LogP contribution in [0.4, 0.5) is 4.39 Å². The molecule has 0 saturated heterocycles. The van der Waals surface area contributed by atoms with E-state index in [2.05, 4.69) is 0 Å². The number of aryl methyl sites for hydroxylation is 1. The zero-order chi connectivity index (χ0) is 14.7. The van der Waals surface area contributed by atoms with E-state index in [1.807, 2.05) is 0 Å². The van der Waals surface area contributed by atoms with Gasteiger partial charge in [-0.2, -0.15) is 0 Å². The van der Waals surface area contributed by atoms with E-state index in [1.54, 1.807) is 31.2 Å². The molecule has 0 bridgehead atoms. The van der Waals surface area contributed by atoms with Crippen molar-refractivity contribution in [1.29, 1.82) is 0 Å². The Labute approximate surface area is 117 Å². The van der Waals surface area contributed by atoms with Crippen LogP contribution in [0.2, 0.25) is 0 Å². The van der Waals surface area contributed by atoms with Crippen LogP contribution >= 0.6 is 0 Å². The summed E-state index contributed by atoms with van der Waals surface area (Å²) in [6.45, 7) is 1.75. The van der Waals surface area contributed by atoms with Gasteiger partial charge in [-0.25, -0.2) is 4.39 Å². The van der Waals surface area contributed by atoms with Crippen molar-refractivity contribution >= 4 is 0 Å². The first-order valence-corrected chi connectivity index (χ1v) is 6.23. The molecule has 0 aliphatic rings. The SMILES string of the molecule is COc1cccc(OC)c1C(O)c1ccc(F)cc1C. The average Bonchev–Trinajstić information content (AvgIpc) is 2.45. The Bertz CT molecular complexity index is 588. The van der Waals surface area contributed by atoms with Gasteiger partial charge in [0.25, 0.3) is 0 Å². The molecule has 0 saturated carbocycles. The molecule has 106 valence electrons. The highest BCUT2D eigenvalue weighted by atomic mass is 19.1. The Morgan fingerprint density at radius 3 is 2.15 bits per heavy atom. The molecule has 1 unspecified atom stereocenters. The molecule has 0 aromatic heterocycles. The lowest BCUT2D eigenvalue weighted by molar-refractivity contribution is 0.208. The highest BCUT2D eigenvalue weighted by molar-refractivity contribution is 5.50. The van der Waals surface area contributed by atoms with E-state index in [9.17, 15) is 9.50 Å². The molecule has 0 spiro atoms. The summed E-state index contributed by atoms with van der Waals surface area (Å²) in [5.74, 6) is 0.728. The zero-order valence-corrected chi connectivity index (χ0v) is 11.7. The van der Waals surface area contributed by atoms with E-state index in [0.29, 0.717) is 28.2 Å². The maximum Gasteiger partial charge on any atom is 0.128 e. The van der Waals surface area contributed by atoms with Gasteiger partial charge >= 0.3 is 0 Å². The monoisotopic (exact) mass is 276 g/mol. The summed E-state index contributed by atoms with van der Waals surface area (Å²) < 4.78 is 23.7. The smallest absolute Gasteiger partial charge is 0.128 e. The van der Waals surface area contributed by atoms with Gasteiger partial charge in [0.05, 0.1) is 19.8 Å². The maximum atomic E-state index is 13.2. The number of hydrogen-bond acceptors (Lipinski definition) is 3. The van der Waals surface area contributed by atoms with Crippen LogP contribution in [0.1, 0.15) is 22.8 Å². The van der Waals surface area contributed by atoms with Crippen molar-refractivity contribution in [2.45, 2.75) is 13.0 Å². The van der Waals surface area contributed by atoms with Crippen LogP contribution in [0.25, 0.3) is 0 Å². The number of halogens is 1. The van der Waals surface area contributed by atoms with Crippen molar-refractivity contribution in [3.63, 3.8) is 0 Å². The average molecular weight is 276 g/mol. The summed E-state index contributed by atoms with van der Waals surface area (Å²) in [5.41, 5.74) is 1.83. The normalized spacial score (nSPS) is 12.1. The quantitative estimate of drug-likeness (QED) is 0.931. The lowest BCUT2D eigenvalue weighted by Gasteiger charge is -2.19. The van der Waals surface area contributed by atoms with Gasteiger partial charge in [-0.3, -0.25) is 0 Å². The number of aliphatic hydroxyl groups is 1. The minimum atomic E-state index is -0.943. The Morgan fingerprint density at radius 2 is 1.65 bits per heavy atom. The topological polar surface area (TPSA) is 38.7 Å². The first kappa shape index (κ1) is 14.3. The van der Waals surface area contributed by atoms with Crippen LogP contribution < -0.4 is 9.47 Å². The predicted octanol–water partition coefficient (Wildman–Crippen LogP) is 3.23. The molecule has 1 N–H and O–H groups in total. The first-order chi connectivity index (χ1) is 9.58. The van der Waals surface area contributed by atoms with Gasteiger partial charge in [0.2, 0.25) is 0 Å². The largest absolute Gasteiger partial charge is 0.496 e. The number of rotatable bonds is 4. The van der Waals surface area contributed by atoms with E-state index >= 15 is 0 Å². The third-order valence-corrected chi connectivity index (χ3v) is 3.27. The molecular weight excluding hydrogens is 259 g/mol. The van der Waals surface area contributed by atoms with Crippen LogP contribution in [0.15, 0.2) is 36.4 Å². The summed E-state index contributed by atoms with van der Waals surface area (Å²) >= 11 is 0. The lowest BCUT2D eigenvalue weighted by Crippen LogP contribution is -2.06. The van der Waals surface area contributed by atoms with Crippen molar-refractivity contribution in [2.75, 3.05) is 14.2 Å². The van der Waals surface area contributed by atoms with Crippen molar-refractivity contribution < 1.29 is 19.0 Å². The second kappa shape index (κ2) is 5.92. The fourth-order valence-corrected chi connectivity index (χ4v) is 2.25. The summed E-state index contributed by atoms with van der Waals surface area (Å²) in [6, 6.07) is 9.57. The molecule has 20 heavy (non-hydrogen) atoms. The molecule has 0 heterocycles. The van der Waals surface area contributed by atoms with Crippen LogP contribution in [-0.4, -0.2) is 19.3 Å². The third-order valence-electron chi connectivity index (χ3n) is 3.27. The predicted molar refractivity (Wildman–Crippen MR) is 74.7 cm³/mol. The molecule has 4 heteroatoms. The second-order valence-corrected chi connectivity index (χ2v) is 4.48. The maximum absolute atomic E-state index is 13.2. The lowest BCUT2D eigenvalue weighted by atomic mass is 9.96. The highest BCUT2D eigenvalue weighted by Gasteiger charge is 2.21. The fraction of sp³-hybridized carbons (Fsp3) is 0.250. The molecule has 0 fully saturated rings. The van der Waals surface area contributed by atoms with Gasteiger partial charge in [0, 0.05) is 0 Å². The number of methoxy groups -OCH3 is 2. The highest BCUT2D eigenvalue weighted by Crippen LogP contribution is 2.38. The van der Waals surface area contributed by atoms with Crippen LogP contribution in [0, 0.1) is 12.7 Å². The molecule has 0 aliphatic carbocycles. The first-order valence-electron chi connectivity index (χ1n) is 6.23. The summed E-state index contributed by atoms with van der Waals surface area (Å²) in [4.78, 5) is 0. The van der Waals surface area contributed by atoms with Crippen molar-refractivity contribution in [1.82, 2.24) is 0 Å². The number of benzene rings is 2. The van der Waals surface area contributed by atoms with E-state index in [-0.39, 0.29) is 5.82 Å². The summed E-state index contributed by atoms with van der Waals surface area (Å²) in [5, 5.41) is 10.6. The number of ether oxygens (including phenoxy) is 2.